The molecule has 1 rings (SSSR count). The largest absolute Gasteiger partial charge is 0.345 e. The molecule has 0 spiro atoms. The minimum absolute atomic E-state index is 0.0693. The fourth-order valence-corrected chi connectivity index (χ4v) is 2.17. The lowest BCUT2D eigenvalue weighted by molar-refractivity contribution is -0.882. The molecular weight excluding hydrogens is 236 g/mol. The summed E-state index contributed by atoms with van der Waals surface area (Å²) in [6, 6.07) is 10.1. The number of likely N-dealkylation sites (N-methyl/N-ethyl adjacent to an activating group) is 1. The number of nitrogens with zero attached hydrogens (tertiary/aromatic N) is 1. The van der Waals surface area contributed by atoms with Crippen LogP contribution in [0, 0.1) is 0 Å². The van der Waals surface area contributed by atoms with E-state index in [0.717, 1.165) is 23.0 Å². The standard InChI is InChI=1S/C16H26N2O/c1-5-6-12-18(3,4)13-16(19)17-14(2)15-10-8-7-9-11-15/h7-11,14H,5-6,12-13H2,1-4H3/p+1/t14-/m0/s1. The number of quaternary nitrogens is 1. The van der Waals surface area contributed by atoms with Gasteiger partial charge >= 0.3 is 0 Å². The lowest BCUT2D eigenvalue weighted by Crippen LogP contribution is -2.48. The molecule has 1 N–H and O–H groups in total. The van der Waals surface area contributed by atoms with Crippen molar-refractivity contribution in [3.8, 4) is 0 Å². The van der Waals surface area contributed by atoms with Gasteiger partial charge in [0.05, 0.1) is 26.7 Å². The van der Waals surface area contributed by atoms with E-state index in [2.05, 4.69) is 26.3 Å². The van der Waals surface area contributed by atoms with Gasteiger partial charge in [0.15, 0.2) is 6.54 Å². The molecule has 0 fully saturated rings. The number of rotatable bonds is 7. The number of nitrogens with one attached hydrogen (secondary N) is 1. The zero-order chi connectivity index (χ0) is 14.3. The van der Waals surface area contributed by atoms with Crippen LogP contribution < -0.4 is 5.32 Å². The summed E-state index contributed by atoms with van der Waals surface area (Å²) in [6.45, 7) is 5.79. The van der Waals surface area contributed by atoms with Crippen LogP contribution in [0.15, 0.2) is 30.3 Å². The molecule has 0 heterocycles. The Labute approximate surface area is 117 Å². The first-order valence-electron chi connectivity index (χ1n) is 7.11. The van der Waals surface area contributed by atoms with Gasteiger partial charge in [-0.2, -0.15) is 0 Å². The molecule has 0 saturated carbocycles. The average molecular weight is 263 g/mol. The molecule has 0 aromatic heterocycles. The average Bonchev–Trinajstić information content (AvgIpc) is 2.36. The maximum atomic E-state index is 12.1. The zero-order valence-electron chi connectivity index (χ0n) is 12.6. The Balaban J connectivity index is 2.47. The molecule has 106 valence electrons. The van der Waals surface area contributed by atoms with Gasteiger partial charge in [0.2, 0.25) is 0 Å². The third-order valence-corrected chi connectivity index (χ3v) is 3.37. The molecule has 3 nitrogen and oxygen atoms in total. The van der Waals surface area contributed by atoms with Gasteiger partial charge in [0.1, 0.15) is 0 Å². The molecule has 1 aromatic carbocycles. The summed E-state index contributed by atoms with van der Waals surface area (Å²) in [6.07, 6.45) is 2.33. The van der Waals surface area contributed by atoms with Gasteiger partial charge in [0, 0.05) is 0 Å². The van der Waals surface area contributed by atoms with E-state index in [4.69, 9.17) is 0 Å². The Kier molecular flexibility index (Phi) is 6.03. The summed E-state index contributed by atoms with van der Waals surface area (Å²) in [7, 11) is 4.23. The van der Waals surface area contributed by atoms with Crippen LogP contribution in [-0.2, 0) is 4.79 Å². The molecule has 0 aliphatic rings. The highest BCUT2D eigenvalue weighted by Crippen LogP contribution is 2.11. The van der Waals surface area contributed by atoms with Crippen molar-refractivity contribution in [2.24, 2.45) is 0 Å². The smallest absolute Gasteiger partial charge is 0.275 e. The van der Waals surface area contributed by atoms with Crippen LogP contribution in [0.3, 0.4) is 0 Å². The van der Waals surface area contributed by atoms with E-state index in [1.807, 2.05) is 37.3 Å². The van der Waals surface area contributed by atoms with E-state index in [1.165, 1.54) is 6.42 Å². The lowest BCUT2D eigenvalue weighted by Gasteiger charge is -2.29. The number of benzene rings is 1. The Bertz CT molecular complexity index is 387. The molecule has 0 saturated heterocycles. The van der Waals surface area contributed by atoms with Crippen molar-refractivity contribution in [3.05, 3.63) is 35.9 Å². The van der Waals surface area contributed by atoms with Crippen molar-refractivity contribution < 1.29 is 9.28 Å². The third-order valence-electron chi connectivity index (χ3n) is 3.37. The summed E-state index contributed by atoms with van der Waals surface area (Å²) in [5, 5.41) is 3.07. The Hall–Kier alpha value is -1.35. The summed E-state index contributed by atoms with van der Waals surface area (Å²) < 4.78 is 0.751. The molecule has 19 heavy (non-hydrogen) atoms. The first-order chi connectivity index (χ1) is 8.94. The minimum Gasteiger partial charge on any atom is -0.345 e. The van der Waals surface area contributed by atoms with Gasteiger partial charge in [-0.1, -0.05) is 43.7 Å². The van der Waals surface area contributed by atoms with E-state index in [-0.39, 0.29) is 11.9 Å². The highest BCUT2D eigenvalue weighted by atomic mass is 16.2. The van der Waals surface area contributed by atoms with Gasteiger partial charge < -0.3 is 9.80 Å². The molecule has 0 radical (unpaired) electrons. The Morgan fingerprint density at radius 2 is 1.89 bits per heavy atom. The number of hydrogen-bond acceptors (Lipinski definition) is 1. The van der Waals surface area contributed by atoms with E-state index >= 15 is 0 Å². The van der Waals surface area contributed by atoms with E-state index in [0.29, 0.717) is 6.54 Å². The van der Waals surface area contributed by atoms with Crippen molar-refractivity contribution >= 4 is 5.91 Å². The fraction of sp³-hybridized carbons (Fsp3) is 0.562. The summed E-state index contributed by atoms with van der Waals surface area (Å²) in [5.41, 5.74) is 1.15. The van der Waals surface area contributed by atoms with Crippen LogP contribution in [0.2, 0.25) is 0 Å². The second kappa shape index (κ2) is 7.29. The van der Waals surface area contributed by atoms with Crippen molar-refractivity contribution in [3.63, 3.8) is 0 Å². The predicted molar refractivity (Wildman–Crippen MR) is 79.8 cm³/mol. The van der Waals surface area contributed by atoms with Crippen LogP contribution in [0.4, 0.5) is 0 Å². The van der Waals surface area contributed by atoms with E-state index in [9.17, 15) is 4.79 Å². The zero-order valence-corrected chi connectivity index (χ0v) is 12.6. The molecule has 0 unspecified atom stereocenters. The number of amides is 1. The molecular formula is C16H27N2O+. The molecule has 0 aliphatic heterocycles. The summed E-state index contributed by atoms with van der Waals surface area (Å²) in [4.78, 5) is 12.1. The summed E-state index contributed by atoms with van der Waals surface area (Å²) in [5.74, 6) is 0.123. The fourth-order valence-electron chi connectivity index (χ4n) is 2.17. The normalized spacial score (nSPS) is 13.1. The molecule has 3 heteroatoms. The molecule has 0 aliphatic carbocycles. The van der Waals surface area contributed by atoms with Crippen molar-refractivity contribution in [2.45, 2.75) is 32.7 Å². The third kappa shape index (κ3) is 5.88. The second-order valence-corrected chi connectivity index (χ2v) is 5.87. The first-order valence-corrected chi connectivity index (χ1v) is 7.11. The van der Waals surface area contributed by atoms with Crippen LogP contribution in [0.1, 0.15) is 38.3 Å². The van der Waals surface area contributed by atoms with Crippen LogP contribution in [0.25, 0.3) is 0 Å². The molecule has 1 amide bonds. The first kappa shape index (κ1) is 15.7. The Morgan fingerprint density at radius 3 is 2.47 bits per heavy atom. The molecule has 1 atom stereocenters. The number of hydrogen-bond donors (Lipinski definition) is 1. The van der Waals surface area contributed by atoms with Gasteiger partial charge in [0.25, 0.3) is 5.91 Å². The molecule has 0 bridgehead atoms. The minimum atomic E-state index is 0.0693. The van der Waals surface area contributed by atoms with Crippen molar-refractivity contribution in [1.29, 1.82) is 0 Å². The quantitative estimate of drug-likeness (QED) is 0.753. The van der Waals surface area contributed by atoms with Crippen LogP contribution in [0.5, 0.6) is 0 Å². The van der Waals surface area contributed by atoms with Gasteiger partial charge in [-0.05, 0) is 18.9 Å². The maximum absolute atomic E-state index is 12.1. The van der Waals surface area contributed by atoms with Crippen molar-refractivity contribution in [1.82, 2.24) is 5.32 Å². The Morgan fingerprint density at radius 1 is 1.26 bits per heavy atom. The number of carbonyl (C=O) groups is 1. The second-order valence-electron chi connectivity index (χ2n) is 5.87. The van der Waals surface area contributed by atoms with Crippen LogP contribution in [-0.4, -0.2) is 37.6 Å². The highest BCUT2D eigenvalue weighted by Gasteiger charge is 2.20. The maximum Gasteiger partial charge on any atom is 0.275 e. The monoisotopic (exact) mass is 263 g/mol. The number of carbonyl (C=O) groups excluding carboxylic acids is 1. The van der Waals surface area contributed by atoms with E-state index < -0.39 is 0 Å². The topological polar surface area (TPSA) is 29.1 Å². The van der Waals surface area contributed by atoms with Crippen molar-refractivity contribution in [2.75, 3.05) is 27.2 Å². The van der Waals surface area contributed by atoms with Gasteiger partial charge in [-0.3, -0.25) is 4.79 Å². The SMILES string of the molecule is CCCC[N+](C)(C)CC(=O)N[C@@H](C)c1ccccc1. The predicted octanol–water partition coefficient (Wildman–Crippen LogP) is 2.74. The van der Waals surface area contributed by atoms with E-state index in [1.54, 1.807) is 0 Å². The lowest BCUT2D eigenvalue weighted by atomic mass is 10.1. The van der Waals surface area contributed by atoms with Gasteiger partial charge in [-0.25, -0.2) is 0 Å². The summed E-state index contributed by atoms with van der Waals surface area (Å²) >= 11 is 0. The molecule has 1 aromatic rings. The number of unbranched alkanes of at least 4 members (excludes halogenated alkanes) is 1. The highest BCUT2D eigenvalue weighted by molar-refractivity contribution is 5.77. The van der Waals surface area contributed by atoms with Gasteiger partial charge in [-0.15, -0.1) is 0 Å². The van der Waals surface area contributed by atoms with Crippen LogP contribution >= 0.6 is 0 Å².